The molecule has 0 saturated carbocycles. The third-order valence-electron chi connectivity index (χ3n) is 5.02. The lowest BCUT2D eigenvalue weighted by molar-refractivity contribution is -0.120. The van der Waals surface area contributed by atoms with E-state index < -0.39 is 34.3 Å². The van der Waals surface area contributed by atoms with E-state index >= 15 is 0 Å². The number of carbonyl (C=O) groups excluding carboxylic acids is 1. The molecule has 0 unspecified atom stereocenters. The molecular weight excluding hydrogens is 447 g/mol. The first-order valence-corrected chi connectivity index (χ1v) is 11.5. The van der Waals surface area contributed by atoms with Gasteiger partial charge in [0.05, 0.1) is 30.8 Å². The van der Waals surface area contributed by atoms with E-state index in [0.29, 0.717) is 11.5 Å². The first-order valence-electron chi connectivity index (χ1n) is 10.1. The Morgan fingerprint density at radius 1 is 0.970 bits per heavy atom. The molecule has 0 spiro atoms. The lowest BCUT2D eigenvalue weighted by Gasteiger charge is -2.25. The summed E-state index contributed by atoms with van der Waals surface area (Å²) in [7, 11) is -1.03. The molecule has 174 valence electrons. The zero-order valence-electron chi connectivity index (χ0n) is 18.5. The van der Waals surface area contributed by atoms with Crippen LogP contribution in [0.3, 0.4) is 0 Å². The second-order valence-corrected chi connectivity index (χ2v) is 9.07. The second-order valence-electron chi connectivity index (χ2n) is 7.20. The molecule has 0 heterocycles. The maximum atomic E-state index is 13.4. The molecule has 1 N–H and O–H groups in total. The molecule has 0 saturated heterocycles. The zero-order chi connectivity index (χ0) is 24.0. The average molecular weight is 473 g/mol. The van der Waals surface area contributed by atoms with Crippen LogP contribution in [0.1, 0.15) is 18.5 Å². The summed E-state index contributed by atoms with van der Waals surface area (Å²) in [6.45, 7) is 1.29. The molecule has 0 bridgehead atoms. The Morgan fingerprint density at radius 3 is 2.21 bits per heavy atom. The highest BCUT2D eigenvalue weighted by Gasteiger charge is 2.27. The van der Waals surface area contributed by atoms with Crippen LogP contribution >= 0.6 is 0 Å². The Balaban J connectivity index is 1.85. The summed E-state index contributed by atoms with van der Waals surface area (Å²) in [5.41, 5.74) is 0.925. The largest absolute Gasteiger partial charge is 0.493 e. The van der Waals surface area contributed by atoms with Crippen molar-refractivity contribution < 1.29 is 27.1 Å². The molecular formula is C24H25FN2O5S. The minimum Gasteiger partial charge on any atom is -0.493 e. The van der Waals surface area contributed by atoms with Gasteiger partial charge < -0.3 is 14.8 Å². The van der Waals surface area contributed by atoms with Gasteiger partial charge in [0, 0.05) is 0 Å². The van der Waals surface area contributed by atoms with Gasteiger partial charge in [-0.15, -0.1) is 0 Å². The van der Waals surface area contributed by atoms with E-state index in [-0.39, 0.29) is 10.6 Å². The highest BCUT2D eigenvalue weighted by molar-refractivity contribution is 7.92. The van der Waals surface area contributed by atoms with Gasteiger partial charge in [-0.3, -0.25) is 9.10 Å². The summed E-state index contributed by atoms with van der Waals surface area (Å²) in [6, 6.07) is 17.5. The average Bonchev–Trinajstić information content (AvgIpc) is 2.83. The van der Waals surface area contributed by atoms with Gasteiger partial charge in [0.2, 0.25) is 5.91 Å². The second kappa shape index (κ2) is 10.4. The fraction of sp³-hybridized carbons (Fsp3) is 0.208. The Kier molecular flexibility index (Phi) is 7.55. The van der Waals surface area contributed by atoms with Crippen molar-refractivity contribution in [1.82, 2.24) is 5.32 Å². The number of hydrogen-bond acceptors (Lipinski definition) is 5. The van der Waals surface area contributed by atoms with Crippen LogP contribution in [0, 0.1) is 5.82 Å². The van der Waals surface area contributed by atoms with Crippen LogP contribution < -0.4 is 19.1 Å². The number of sulfonamides is 1. The number of ether oxygens (including phenoxy) is 2. The Bertz CT molecular complexity index is 1200. The smallest absolute Gasteiger partial charge is 0.264 e. The number of rotatable bonds is 9. The van der Waals surface area contributed by atoms with E-state index in [2.05, 4.69) is 5.32 Å². The number of hydrogen-bond donors (Lipinski definition) is 1. The van der Waals surface area contributed by atoms with Gasteiger partial charge in [-0.1, -0.05) is 24.3 Å². The molecule has 7 nitrogen and oxygen atoms in total. The van der Waals surface area contributed by atoms with Crippen molar-refractivity contribution >= 4 is 21.6 Å². The van der Waals surface area contributed by atoms with Crippen LogP contribution in [-0.2, 0) is 14.8 Å². The molecule has 0 radical (unpaired) electrons. The van der Waals surface area contributed by atoms with Crippen LogP contribution in [0.15, 0.2) is 77.7 Å². The number of amides is 1. The lowest BCUT2D eigenvalue weighted by atomic mass is 10.1. The molecule has 1 atom stereocenters. The van der Waals surface area contributed by atoms with Crippen LogP contribution in [0.2, 0.25) is 0 Å². The zero-order valence-corrected chi connectivity index (χ0v) is 19.3. The minimum absolute atomic E-state index is 0.0232. The molecule has 0 aliphatic carbocycles. The highest BCUT2D eigenvalue weighted by Crippen LogP contribution is 2.30. The van der Waals surface area contributed by atoms with Crippen LogP contribution in [-0.4, -0.2) is 35.1 Å². The maximum Gasteiger partial charge on any atom is 0.264 e. The number of benzene rings is 3. The Morgan fingerprint density at radius 2 is 1.61 bits per heavy atom. The fourth-order valence-corrected chi connectivity index (χ4v) is 4.71. The highest BCUT2D eigenvalue weighted by atomic mass is 32.2. The summed E-state index contributed by atoms with van der Waals surface area (Å²) >= 11 is 0. The number of nitrogens with zero attached hydrogens (tertiary/aromatic N) is 1. The van der Waals surface area contributed by atoms with Crippen LogP contribution in [0.4, 0.5) is 10.1 Å². The van der Waals surface area contributed by atoms with Gasteiger partial charge in [-0.05, 0) is 61.0 Å². The van der Waals surface area contributed by atoms with Gasteiger partial charge in [-0.25, -0.2) is 12.8 Å². The number of halogens is 1. The third-order valence-corrected chi connectivity index (χ3v) is 6.81. The van der Waals surface area contributed by atoms with E-state index in [9.17, 15) is 17.6 Å². The van der Waals surface area contributed by atoms with Gasteiger partial charge in [0.25, 0.3) is 10.0 Å². The fourth-order valence-electron chi connectivity index (χ4n) is 3.27. The molecule has 3 aromatic carbocycles. The minimum atomic E-state index is -4.07. The quantitative estimate of drug-likeness (QED) is 0.510. The molecule has 0 aliphatic heterocycles. The molecule has 0 aromatic heterocycles. The lowest BCUT2D eigenvalue weighted by Crippen LogP contribution is -2.41. The van der Waals surface area contributed by atoms with E-state index in [1.54, 1.807) is 43.3 Å². The molecule has 0 aliphatic rings. The number of nitrogens with one attached hydrogen (secondary N) is 1. The first-order chi connectivity index (χ1) is 15.8. The van der Waals surface area contributed by atoms with Crippen LogP contribution in [0.5, 0.6) is 11.5 Å². The summed E-state index contributed by atoms with van der Waals surface area (Å²) in [5, 5.41) is 2.80. The summed E-state index contributed by atoms with van der Waals surface area (Å²) < 4.78 is 51.5. The van der Waals surface area contributed by atoms with Crippen molar-refractivity contribution in [3.63, 3.8) is 0 Å². The van der Waals surface area contributed by atoms with E-state index in [0.717, 1.165) is 22.0 Å². The molecule has 0 fully saturated rings. The summed E-state index contributed by atoms with van der Waals surface area (Å²) in [4.78, 5) is 12.9. The maximum absolute atomic E-state index is 13.4. The van der Waals surface area contributed by atoms with Gasteiger partial charge in [0.15, 0.2) is 11.5 Å². The van der Waals surface area contributed by atoms with E-state index in [1.807, 2.05) is 0 Å². The van der Waals surface area contributed by atoms with Gasteiger partial charge in [0.1, 0.15) is 12.4 Å². The monoisotopic (exact) mass is 472 g/mol. The number of carbonyl (C=O) groups is 1. The topological polar surface area (TPSA) is 84.9 Å². The van der Waals surface area contributed by atoms with E-state index in [1.165, 1.54) is 38.5 Å². The summed E-state index contributed by atoms with van der Waals surface area (Å²) in [6.07, 6.45) is 0. The predicted molar refractivity (Wildman–Crippen MR) is 123 cm³/mol. The van der Waals surface area contributed by atoms with Crippen molar-refractivity contribution in [2.75, 3.05) is 25.1 Å². The van der Waals surface area contributed by atoms with Crippen molar-refractivity contribution in [3.05, 3.63) is 84.2 Å². The van der Waals surface area contributed by atoms with Crippen molar-refractivity contribution in [1.29, 1.82) is 0 Å². The Hall–Kier alpha value is -3.59. The van der Waals surface area contributed by atoms with Crippen LogP contribution in [0.25, 0.3) is 0 Å². The molecule has 33 heavy (non-hydrogen) atoms. The molecule has 3 rings (SSSR count). The number of methoxy groups -OCH3 is 2. The van der Waals surface area contributed by atoms with Gasteiger partial charge in [-0.2, -0.15) is 0 Å². The standard InChI is InChI=1S/C24H25FN2O5S/c1-17(18-9-14-22(31-2)23(15-18)32-3)26-24(28)16-27(20-12-10-19(25)11-13-20)33(29,30)21-7-5-4-6-8-21/h4-15,17H,16H2,1-3H3,(H,26,28)/t17-/m1/s1. The van der Waals surface area contributed by atoms with Gasteiger partial charge >= 0.3 is 0 Å². The first kappa shape index (κ1) is 24.1. The normalized spacial score (nSPS) is 12.0. The molecule has 9 heteroatoms. The van der Waals surface area contributed by atoms with E-state index in [4.69, 9.17) is 9.47 Å². The van der Waals surface area contributed by atoms with Crippen molar-refractivity contribution in [2.24, 2.45) is 0 Å². The number of anilines is 1. The third kappa shape index (κ3) is 5.61. The predicted octanol–water partition coefficient (Wildman–Crippen LogP) is 3.92. The molecule has 3 aromatic rings. The SMILES string of the molecule is COc1ccc([C@@H](C)NC(=O)CN(c2ccc(F)cc2)S(=O)(=O)c2ccccc2)cc1OC. The van der Waals surface area contributed by atoms with Crippen molar-refractivity contribution in [2.45, 2.75) is 17.9 Å². The summed E-state index contributed by atoms with van der Waals surface area (Å²) in [5.74, 6) is 0.0235. The molecule has 1 amide bonds. The Labute approximate surface area is 192 Å². The van der Waals surface area contributed by atoms with Crippen molar-refractivity contribution in [3.8, 4) is 11.5 Å².